The summed E-state index contributed by atoms with van der Waals surface area (Å²) in [7, 11) is -4.96. The average molecular weight is 613 g/mol. The largest absolute Gasteiger partial charge is 4.00 e. The molecule has 0 radical (unpaired) electrons. The van der Waals surface area contributed by atoms with Gasteiger partial charge in [0.25, 0.3) is 0 Å². The Morgan fingerprint density at radius 2 is 1.00 bits per heavy atom. The van der Waals surface area contributed by atoms with Crippen LogP contribution in [0.3, 0.4) is 0 Å². The molecule has 0 bridgehead atoms. The molecule has 0 aliphatic heterocycles. The average Bonchev–Trinajstić information content (AvgIpc) is 3.23. The van der Waals surface area contributed by atoms with Crippen molar-refractivity contribution in [2.45, 2.75) is 65.2 Å². The number of allylic oxidation sites excluding steroid dienone is 6. The molecule has 32 heavy (non-hydrogen) atoms. The van der Waals surface area contributed by atoms with Crippen LogP contribution in [0, 0.1) is 12.2 Å². The summed E-state index contributed by atoms with van der Waals surface area (Å²) >= 11 is 0. The number of hydrogen-bond donors (Lipinski definition) is 0. The third-order valence-electron chi connectivity index (χ3n) is 4.70. The first-order valence-electron chi connectivity index (χ1n) is 10.6. The molecule has 0 N–H and O–H groups in total. The molecule has 0 aromatic heterocycles. The first kappa shape index (κ1) is 34.8. The van der Waals surface area contributed by atoms with Crippen molar-refractivity contribution >= 4 is 24.7 Å². The van der Waals surface area contributed by atoms with E-state index in [0.717, 1.165) is 24.4 Å². The van der Waals surface area contributed by atoms with Crippen LogP contribution in [0.15, 0.2) is 34.1 Å². The van der Waals surface area contributed by atoms with Crippen LogP contribution in [0.2, 0.25) is 52.4 Å². The molecule has 0 saturated carbocycles. The summed E-state index contributed by atoms with van der Waals surface area (Å²) in [4.78, 5) is 0. The smallest absolute Gasteiger partial charge is 1.00 e. The number of halogens is 2. The zero-order valence-corrected chi connectivity index (χ0v) is 27.8. The second-order valence-electron chi connectivity index (χ2n) is 9.90. The molecule has 0 unspecified atom stereocenters. The molecule has 0 spiro atoms. The van der Waals surface area contributed by atoms with Crippen LogP contribution in [0.4, 0.5) is 0 Å². The first-order valence-corrected chi connectivity index (χ1v) is 20.4. The first-order chi connectivity index (χ1) is 13.4. The Morgan fingerprint density at radius 1 is 0.656 bits per heavy atom. The monoisotopic (exact) mass is 610 g/mol. The van der Waals surface area contributed by atoms with Gasteiger partial charge in [-0.25, -0.2) is 12.2 Å². The molecule has 2 aliphatic carbocycles. The van der Waals surface area contributed by atoms with E-state index in [1.165, 1.54) is 10.4 Å². The topological polar surface area (TPSA) is 36.9 Å². The van der Waals surface area contributed by atoms with Gasteiger partial charge in [0, 0.05) is 0 Å². The Bertz CT molecular complexity index is 651. The Labute approximate surface area is 230 Å². The van der Waals surface area contributed by atoms with Crippen molar-refractivity contribution in [1.82, 2.24) is 0 Å². The molecule has 0 saturated heterocycles. The maximum absolute atomic E-state index is 6.08. The Hall–Kier alpha value is 0.594. The number of ether oxygens (including phenoxy) is 2. The van der Waals surface area contributed by atoms with E-state index in [-0.39, 0.29) is 51.0 Å². The number of hydrogen-bond acceptors (Lipinski definition) is 4. The molecule has 2 aliphatic rings. The van der Waals surface area contributed by atoms with Crippen LogP contribution >= 0.6 is 0 Å². The van der Waals surface area contributed by atoms with Crippen LogP contribution in [0.1, 0.15) is 12.8 Å². The summed E-state index contributed by atoms with van der Waals surface area (Å²) in [5.41, 5.74) is 0. The van der Waals surface area contributed by atoms with Crippen molar-refractivity contribution in [3.63, 3.8) is 0 Å². The fourth-order valence-electron chi connectivity index (χ4n) is 3.33. The van der Waals surface area contributed by atoms with E-state index in [0.29, 0.717) is 26.4 Å². The fourth-order valence-corrected chi connectivity index (χ4v) is 7.69. The normalized spacial score (nSPS) is 16.0. The summed E-state index contributed by atoms with van der Waals surface area (Å²) in [5.74, 6) is 1.82. The van der Waals surface area contributed by atoms with Crippen molar-refractivity contribution in [2.24, 2.45) is 0 Å². The van der Waals surface area contributed by atoms with Crippen LogP contribution in [0.5, 0.6) is 0 Å². The molecule has 0 amide bonds. The van der Waals surface area contributed by atoms with E-state index in [1.807, 2.05) is 0 Å². The molecular formula is C22H38Cl2O4Si3Zr. The van der Waals surface area contributed by atoms with Gasteiger partial charge in [0.2, 0.25) is 0 Å². The predicted octanol–water partition coefficient (Wildman–Crippen LogP) is -0.451. The molecule has 10 heteroatoms. The molecule has 0 aromatic rings. The molecule has 2 rings (SSSR count). The van der Waals surface area contributed by atoms with E-state index in [2.05, 4.69) is 76.7 Å². The van der Waals surface area contributed by atoms with E-state index in [9.17, 15) is 0 Å². The van der Waals surface area contributed by atoms with Gasteiger partial charge in [-0.1, -0.05) is 32.7 Å². The summed E-state index contributed by atoms with van der Waals surface area (Å²) in [5, 5.41) is 2.61. The molecule has 0 heterocycles. The van der Waals surface area contributed by atoms with Crippen molar-refractivity contribution < 1.29 is 69.3 Å². The van der Waals surface area contributed by atoms with Gasteiger partial charge >= 0.3 is 26.2 Å². The standard InChI is InChI=1S/C22H38O4Si3.2ClH.Zr/c1-27(2,3)25-17-15-23-19-11-9-13-21(19)29(7,8)22-14-10-12-20(22)24-16-18-26-28(4,5)6;;;/h13-14H,9-10,15-18H2,1-8H3;2*1H;/q-2;;;+4/p-2. The minimum Gasteiger partial charge on any atom is -1.00 e. The van der Waals surface area contributed by atoms with Crippen molar-refractivity contribution in [3.05, 3.63) is 46.2 Å². The Kier molecular flexibility index (Phi) is 16.2. The second kappa shape index (κ2) is 14.9. The molecule has 0 aromatic carbocycles. The summed E-state index contributed by atoms with van der Waals surface area (Å²) < 4.78 is 24.0. The fraction of sp³-hybridized carbons (Fsp3) is 0.636. The third kappa shape index (κ3) is 11.3. The molecule has 0 fully saturated rings. The van der Waals surface area contributed by atoms with Gasteiger partial charge in [-0.3, -0.25) is 0 Å². The maximum atomic E-state index is 6.08. The van der Waals surface area contributed by atoms with Crippen LogP contribution in [-0.2, 0) is 44.5 Å². The van der Waals surface area contributed by atoms with Crippen molar-refractivity contribution in [1.29, 1.82) is 0 Å². The SMILES string of the molecule is C[Si](C)(C)OCCOC1=[C-]CC=C1[Si](C)(C)C1=CC[C-]=C1OCCO[Si](C)(C)C.[Cl-].[Cl-].[Zr+4]. The summed E-state index contributed by atoms with van der Waals surface area (Å²) in [6, 6.07) is 0. The molecule has 0 atom stereocenters. The van der Waals surface area contributed by atoms with Gasteiger partial charge in [0.05, 0.1) is 13.2 Å². The summed E-state index contributed by atoms with van der Waals surface area (Å²) in [6.45, 7) is 20.3. The summed E-state index contributed by atoms with van der Waals surface area (Å²) in [6.07, 6.45) is 13.0. The molecule has 180 valence electrons. The Morgan fingerprint density at radius 3 is 1.31 bits per heavy atom. The minimum atomic E-state index is -1.95. The Balaban J connectivity index is 0. The van der Waals surface area contributed by atoms with Gasteiger partial charge in [-0.05, 0) is 39.3 Å². The van der Waals surface area contributed by atoms with E-state index >= 15 is 0 Å². The van der Waals surface area contributed by atoms with Gasteiger partial charge in [-0.2, -0.15) is 22.5 Å². The molecular weight excluding hydrogens is 575 g/mol. The van der Waals surface area contributed by atoms with E-state index < -0.39 is 24.7 Å². The second-order valence-corrected chi connectivity index (χ2v) is 23.3. The van der Waals surface area contributed by atoms with Gasteiger partial charge in [0.1, 0.15) is 13.2 Å². The minimum absolute atomic E-state index is 0. The van der Waals surface area contributed by atoms with E-state index in [4.69, 9.17) is 18.3 Å². The third-order valence-corrected chi connectivity index (χ3v) is 10.4. The van der Waals surface area contributed by atoms with Crippen molar-refractivity contribution in [3.8, 4) is 0 Å². The number of rotatable bonds is 12. The van der Waals surface area contributed by atoms with Gasteiger partial charge in [0.15, 0.2) is 16.6 Å². The van der Waals surface area contributed by atoms with Crippen molar-refractivity contribution in [2.75, 3.05) is 26.4 Å². The van der Waals surface area contributed by atoms with Crippen LogP contribution in [0.25, 0.3) is 0 Å². The van der Waals surface area contributed by atoms with Gasteiger partial charge in [-0.15, -0.1) is 12.8 Å². The van der Waals surface area contributed by atoms with Gasteiger partial charge < -0.3 is 43.1 Å². The maximum Gasteiger partial charge on any atom is 4.00 e. The quantitative estimate of drug-likeness (QED) is 0.170. The zero-order chi connectivity index (χ0) is 21.7. The van der Waals surface area contributed by atoms with Crippen LogP contribution < -0.4 is 24.8 Å². The molecule has 4 nitrogen and oxygen atoms in total. The van der Waals surface area contributed by atoms with Crippen LogP contribution in [-0.4, -0.2) is 51.1 Å². The predicted molar refractivity (Wildman–Crippen MR) is 127 cm³/mol. The zero-order valence-electron chi connectivity index (χ0n) is 20.8. The van der Waals surface area contributed by atoms with E-state index in [1.54, 1.807) is 0 Å².